The summed E-state index contributed by atoms with van der Waals surface area (Å²) in [5, 5.41) is 9.71. The van der Waals surface area contributed by atoms with Crippen molar-refractivity contribution in [2.24, 2.45) is 0 Å². The number of halogens is 1. The summed E-state index contributed by atoms with van der Waals surface area (Å²) < 4.78 is 23.2. The Bertz CT molecular complexity index is 1570. The van der Waals surface area contributed by atoms with Crippen molar-refractivity contribution in [3.8, 4) is 11.6 Å². The highest BCUT2D eigenvalue weighted by Gasteiger charge is 2.21. The SMILES string of the molecule is [C-]#[N+]Cc1ccc(F)c(N2CCN(CCn3ncc4c3nc(N)n3nc(-c5ccco5)nc43)CC2)c1. The second kappa shape index (κ2) is 8.94. The van der Waals surface area contributed by atoms with Crippen molar-refractivity contribution < 1.29 is 8.81 Å². The number of nitrogen functional groups attached to an aromatic ring is 1. The Morgan fingerprint density at radius 2 is 1.94 bits per heavy atom. The van der Waals surface area contributed by atoms with Crippen LogP contribution in [-0.4, -0.2) is 67.0 Å². The Morgan fingerprint density at radius 3 is 2.72 bits per heavy atom. The molecular weight excluding hydrogens is 463 g/mol. The monoisotopic (exact) mass is 486 g/mol. The smallest absolute Gasteiger partial charge is 0.239 e. The van der Waals surface area contributed by atoms with E-state index in [-0.39, 0.29) is 18.3 Å². The van der Waals surface area contributed by atoms with E-state index in [0.29, 0.717) is 48.2 Å². The van der Waals surface area contributed by atoms with Gasteiger partial charge in [0.2, 0.25) is 18.3 Å². The number of hydrogen-bond donors (Lipinski definition) is 1. The fraction of sp³-hybridized carbons (Fsp3) is 0.292. The highest BCUT2D eigenvalue weighted by atomic mass is 19.1. The van der Waals surface area contributed by atoms with E-state index in [1.807, 2.05) is 9.58 Å². The lowest BCUT2D eigenvalue weighted by atomic mass is 10.1. The zero-order chi connectivity index (χ0) is 24.6. The van der Waals surface area contributed by atoms with Gasteiger partial charge in [0.05, 0.1) is 30.1 Å². The Balaban J connectivity index is 1.15. The molecule has 2 N–H and O–H groups in total. The second-order valence-corrected chi connectivity index (χ2v) is 8.65. The van der Waals surface area contributed by atoms with Gasteiger partial charge in [-0.2, -0.15) is 14.6 Å². The number of rotatable bonds is 6. The van der Waals surface area contributed by atoms with Gasteiger partial charge >= 0.3 is 0 Å². The third-order valence-electron chi connectivity index (χ3n) is 6.45. The van der Waals surface area contributed by atoms with Crippen LogP contribution in [0.3, 0.4) is 0 Å². The minimum Gasteiger partial charge on any atom is -0.461 e. The average Bonchev–Trinajstić information content (AvgIpc) is 3.64. The molecule has 1 aliphatic rings. The van der Waals surface area contributed by atoms with Crippen LogP contribution in [0, 0.1) is 12.4 Å². The van der Waals surface area contributed by atoms with Crippen LogP contribution < -0.4 is 10.6 Å². The number of hydrogen-bond acceptors (Lipinski definition) is 8. The molecule has 1 saturated heterocycles. The van der Waals surface area contributed by atoms with Crippen LogP contribution in [0.5, 0.6) is 0 Å². The van der Waals surface area contributed by atoms with Crippen molar-refractivity contribution in [2.75, 3.05) is 43.4 Å². The van der Waals surface area contributed by atoms with Crippen LogP contribution in [0.2, 0.25) is 0 Å². The van der Waals surface area contributed by atoms with Gasteiger partial charge in [-0.05, 0) is 30.3 Å². The largest absolute Gasteiger partial charge is 0.461 e. The van der Waals surface area contributed by atoms with Crippen molar-refractivity contribution in [1.29, 1.82) is 0 Å². The molecule has 6 rings (SSSR count). The van der Waals surface area contributed by atoms with Gasteiger partial charge in [-0.3, -0.25) is 4.90 Å². The summed E-state index contributed by atoms with van der Waals surface area (Å²) in [5.74, 6) is 0.956. The van der Waals surface area contributed by atoms with Crippen molar-refractivity contribution >= 4 is 28.3 Å². The van der Waals surface area contributed by atoms with Gasteiger partial charge in [0.1, 0.15) is 5.82 Å². The van der Waals surface area contributed by atoms with E-state index < -0.39 is 0 Å². The summed E-state index contributed by atoms with van der Waals surface area (Å²) in [6.45, 7) is 11.7. The molecule has 182 valence electrons. The summed E-state index contributed by atoms with van der Waals surface area (Å²) in [6, 6.07) is 8.48. The first-order valence-corrected chi connectivity index (χ1v) is 11.6. The molecule has 0 amide bonds. The normalized spacial score (nSPS) is 14.6. The summed E-state index contributed by atoms with van der Waals surface area (Å²) in [5.41, 5.74) is 8.81. The lowest BCUT2D eigenvalue weighted by Gasteiger charge is -2.36. The molecule has 5 heterocycles. The number of benzene rings is 1. The Hall–Kier alpha value is -4.50. The second-order valence-electron chi connectivity index (χ2n) is 8.65. The van der Waals surface area contributed by atoms with Gasteiger partial charge in [-0.25, -0.2) is 20.6 Å². The molecule has 0 spiro atoms. The minimum absolute atomic E-state index is 0.223. The summed E-state index contributed by atoms with van der Waals surface area (Å²) in [4.78, 5) is 16.9. The van der Waals surface area contributed by atoms with Crippen molar-refractivity contribution in [2.45, 2.75) is 13.1 Å². The number of anilines is 2. The third-order valence-corrected chi connectivity index (χ3v) is 6.45. The van der Waals surface area contributed by atoms with E-state index >= 15 is 0 Å². The first kappa shape index (κ1) is 22.0. The maximum Gasteiger partial charge on any atom is 0.239 e. The van der Waals surface area contributed by atoms with Crippen LogP contribution in [0.1, 0.15) is 5.56 Å². The highest BCUT2D eigenvalue weighted by molar-refractivity contribution is 5.90. The van der Waals surface area contributed by atoms with E-state index in [1.165, 1.54) is 10.6 Å². The quantitative estimate of drug-likeness (QED) is 0.365. The first-order chi connectivity index (χ1) is 17.6. The van der Waals surface area contributed by atoms with E-state index in [0.717, 1.165) is 30.6 Å². The Labute approximate surface area is 205 Å². The highest BCUT2D eigenvalue weighted by Crippen LogP contribution is 2.25. The van der Waals surface area contributed by atoms with Crippen molar-refractivity contribution in [1.82, 2.24) is 34.3 Å². The van der Waals surface area contributed by atoms with Crippen molar-refractivity contribution in [3.05, 3.63) is 65.6 Å². The molecule has 12 heteroatoms. The Morgan fingerprint density at radius 1 is 1.08 bits per heavy atom. The Kier molecular flexibility index (Phi) is 5.46. The van der Waals surface area contributed by atoms with E-state index in [9.17, 15) is 4.39 Å². The number of nitrogens with two attached hydrogens (primary N) is 1. The van der Waals surface area contributed by atoms with Gasteiger partial charge in [0.25, 0.3) is 0 Å². The minimum atomic E-state index is -0.251. The zero-order valence-corrected chi connectivity index (χ0v) is 19.4. The lowest BCUT2D eigenvalue weighted by Crippen LogP contribution is -2.47. The number of furan rings is 1. The van der Waals surface area contributed by atoms with Gasteiger partial charge in [0.15, 0.2) is 17.1 Å². The molecule has 11 nitrogen and oxygen atoms in total. The molecule has 0 saturated carbocycles. The van der Waals surface area contributed by atoms with Crippen LogP contribution in [-0.2, 0) is 13.1 Å². The van der Waals surface area contributed by atoms with Crippen LogP contribution in [0.4, 0.5) is 16.0 Å². The summed E-state index contributed by atoms with van der Waals surface area (Å²) >= 11 is 0. The van der Waals surface area contributed by atoms with E-state index in [2.05, 4.69) is 29.9 Å². The number of aromatic nitrogens is 6. The van der Waals surface area contributed by atoms with Gasteiger partial charge in [0, 0.05) is 38.3 Å². The molecule has 0 aliphatic carbocycles. The molecule has 0 atom stereocenters. The zero-order valence-electron chi connectivity index (χ0n) is 19.4. The maximum absolute atomic E-state index is 14.4. The number of nitrogens with zero attached hydrogens (tertiary/aromatic N) is 9. The summed E-state index contributed by atoms with van der Waals surface area (Å²) in [6.07, 6.45) is 3.30. The fourth-order valence-electron chi connectivity index (χ4n) is 4.57. The molecule has 36 heavy (non-hydrogen) atoms. The van der Waals surface area contributed by atoms with Gasteiger partial charge < -0.3 is 19.9 Å². The first-order valence-electron chi connectivity index (χ1n) is 11.6. The fourth-order valence-corrected chi connectivity index (χ4v) is 4.57. The summed E-state index contributed by atoms with van der Waals surface area (Å²) in [7, 11) is 0. The molecule has 1 aromatic carbocycles. The molecule has 0 bridgehead atoms. The molecule has 4 aromatic heterocycles. The average molecular weight is 487 g/mol. The topological polar surface area (TPSA) is 111 Å². The van der Waals surface area contributed by atoms with Gasteiger partial charge in [-0.15, -0.1) is 5.10 Å². The predicted octanol–water partition coefficient (Wildman–Crippen LogP) is 2.70. The molecule has 1 fully saturated rings. The van der Waals surface area contributed by atoms with Crippen LogP contribution in [0.15, 0.2) is 47.2 Å². The number of fused-ring (bicyclic) bond motifs is 3. The molecule has 5 aromatic rings. The molecular formula is C24H23FN10O. The van der Waals surface area contributed by atoms with Crippen LogP contribution >= 0.6 is 0 Å². The van der Waals surface area contributed by atoms with Crippen molar-refractivity contribution in [3.63, 3.8) is 0 Å². The van der Waals surface area contributed by atoms with E-state index in [1.54, 1.807) is 36.7 Å². The lowest BCUT2D eigenvalue weighted by molar-refractivity contribution is 0.245. The standard InChI is InChI=1S/C24H23FN10O/c1-27-14-16-4-5-18(25)19(13-16)33-9-6-32(7-10-33)8-11-34-22-17(15-28-34)23-29-21(20-3-2-12-36-20)31-35(23)24(26)30-22/h2-5,12-13,15H,6-11,14H2,(H2,26,30). The van der Waals surface area contributed by atoms with Gasteiger partial charge in [-0.1, -0.05) is 0 Å². The van der Waals surface area contributed by atoms with Crippen LogP contribution in [0.25, 0.3) is 33.1 Å². The predicted molar refractivity (Wildman–Crippen MR) is 132 cm³/mol. The molecule has 0 unspecified atom stereocenters. The maximum atomic E-state index is 14.4. The number of piperazine rings is 1. The van der Waals surface area contributed by atoms with E-state index in [4.69, 9.17) is 16.7 Å². The third kappa shape index (κ3) is 3.89. The molecule has 0 radical (unpaired) electrons. The molecule has 1 aliphatic heterocycles.